The van der Waals surface area contributed by atoms with Crippen LogP contribution >= 0.6 is 0 Å². The number of aliphatic hydroxyl groups excluding tert-OH is 1. The number of rotatable bonds is 3. The van der Waals surface area contributed by atoms with Gasteiger partial charge >= 0.3 is 0 Å². The van der Waals surface area contributed by atoms with Crippen LogP contribution in [0.1, 0.15) is 84.1 Å². The van der Waals surface area contributed by atoms with Gasteiger partial charge in [0.1, 0.15) is 5.75 Å². The lowest BCUT2D eigenvalue weighted by Gasteiger charge is -2.60. The highest BCUT2D eigenvalue weighted by atomic mass is 16.5. The van der Waals surface area contributed by atoms with E-state index in [0.717, 1.165) is 29.9 Å². The molecule has 1 N–H and O–H groups in total. The zero-order valence-corrected chi connectivity index (χ0v) is 19.2. The SMILES string of the molecule is CCOc1ccc(/C=C2\C[C@H]3[C@@H]4CC[C@@H]5CCCC[C@]5(C)[C@H]4CC[C@]3(C)[C@@H]2O)cc1. The molecule has 4 aliphatic carbocycles. The molecule has 0 amide bonds. The second kappa shape index (κ2) is 7.69. The first-order chi connectivity index (χ1) is 14.5. The monoisotopic (exact) mass is 408 g/mol. The molecule has 4 aliphatic rings. The minimum Gasteiger partial charge on any atom is -0.494 e. The van der Waals surface area contributed by atoms with E-state index in [2.05, 4.69) is 32.1 Å². The van der Waals surface area contributed by atoms with Gasteiger partial charge in [-0.1, -0.05) is 44.9 Å². The molecule has 0 heterocycles. The predicted octanol–water partition coefficient (Wildman–Crippen LogP) is 6.87. The number of hydrogen-bond donors (Lipinski definition) is 1. The largest absolute Gasteiger partial charge is 0.494 e. The summed E-state index contributed by atoms with van der Waals surface area (Å²) in [5, 5.41) is 11.4. The van der Waals surface area contributed by atoms with E-state index in [1.807, 2.05) is 19.1 Å². The van der Waals surface area contributed by atoms with Crippen LogP contribution in [0.3, 0.4) is 0 Å². The molecule has 164 valence electrons. The third kappa shape index (κ3) is 3.17. The van der Waals surface area contributed by atoms with Gasteiger partial charge in [-0.15, -0.1) is 0 Å². The van der Waals surface area contributed by atoms with Crippen molar-refractivity contribution < 1.29 is 9.84 Å². The van der Waals surface area contributed by atoms with Crippen molar-refractivity contribution >= 4 is 6.08 Å². The van der Waals surface area contributed by atoms with Crippen LogP contribution in [0.5, 0.6) is 5.75 Å². The van der Waals surface area contributed by atoms with Crippen LogP contribution in [-0.2, 0) is 0 Å². The summed E-state index contributed by atoms with van der Waals surface area (Å²) < 4.78 is 5.59. The molecule has 0 radical (unpaired) electrons. The van der Waals surface area contributed by atoms with E-state index >= 15 is 0 Å². The Labute approximate surface area is 183 Å². The Morgan fingerprint density at radius 1 is 0.967 bits per heavy atom. The predicted molar refractivity (Wildman–Crippen MR) is 123 cm³/mol. The van der Waals surface area contributed by atoms with E-state index in [1.54, 1.807) is 0 Å². The van der Waals surface area contributed by atoms with Crippen molar-refractivity contribution in [3.05, 3.63) is 35.4 Å². The Morgan fingerprint density at radius 2 is 1.77 bits per heavy atom. The van der Waals surface area contributed by atoms with Crippen molar-refractivity contribution in [2.45, 2.75) is 84.7 Å². The molecule has 30 heavy (non-hydrogen) atoms. The molecule has 0 saturated heterocycles. The number of benzene rings is 1. The lowest BCUT2D eigenvalue weighted by atomic mass is 9.45. The standard InChI is InChI=1S/C28H40O2/c1-4-30-22-11-8-19(9-12-22)17-20-18-25-23-13-10-21-7-5-6-15-27(21,2)24(23)14-16-28(25,3)26(20)29/h8-9,11-12,17,21,23-26,29H,4-7,10,13-16,18H2,1-3H3/b20-17+/t21-,23+,24-,25-,26+,27-,28-/m0/s1. The Balaban J connectivity index is 1.40. The minimum absolute atomic E-state index is 0.0656. The lowest BCUT2D eigenvalue weighted by molar-refractivity contribution is -0.119. The van der Waals surface area contributed by atoms with Crippen molar-refractivity contribution in [3.63, 3.8) is 0 Å². The quantitative estimate of drug-likeness (QED) is 0.591. The zero-order valence-electron chi connectivity index (χ0n) is 19.2. The second-order valence-corrected chi connectivity index (χ2v) is 11.3. The highest BCUT2D eigenvalue weighted by Gasteiger charge is 2.60. The van der Waals surface area contributed by atoms with E-state index < -0.39 is 0 Å². The van der Waals surface area contributed by atoms with Crippen molar-refractivity contribution in [3.8, 4) is 5.75 Å². The van der Waals surface area contributed by atoms with Gasteiger partial charge in [0.2, 0.25) is 0 Å². The maximum atomic E-state index is 11.4. The van der Waals surface area contributed by atoms with E-state index in [9.17, 15) is 5.11 Å². The first-order valence-corrected chi connectivity index (χ1v) is 12.6. The molecule has 2 heteroatoms. The summed E-state index contributed by atoms with van der Waals surface area (Å²) >= 11 is 0. The molecule has 2 nitrogen and oxygen atoms in total. The molecular weight excluding hydrogens is 368 g/mol. The Morgan fingerprint density at radius 3 is 2.53 bits per heavy atom. The molecule has 0 bridgehead atoms. The molecule has 1 aromatic carbocycles. The number of aliphatic hydroxyl groups is 1. The molecule has 0 unspecified atom stereocenters. The maximum Gasteiger partial charge on any atom is 0.119 e. The van der Waals surface area contributed by atoms with Gasteiger partial charge in [-0.3, -0.25) is 0 Å². The molecular formula is C28H40O2. The first-order valence-electron chi connectivity index (χ1n) is 12.6. The van der Waals surface area contributed by atoms with Gasteiger partial charge in [0, 0.05) is 5.41 Å². The van der Waals surface area contributed by atoms with Crippen LogP contribution in [-0.4, -0.2) is 17.8 Å². The number of hydrogen-bond acceptors (Lipinski definition) is 2. The van der Waals surface area contributed by atoms with Crippen LogP contribution in [0.15, 0.2) is 29.8 Å². The second-order valence-electron chi connectivity index (χ2n) is 11.3. The van der Waals surface area contributed by atoms with Crippen LogP contribution in [0.4, 0.5) is 0 Å². The highest BCUT2D eigenvalue weighted by Crippen LogP contribution is 2.67. The molecule has 5 rings (SSSR count). The topological polar surface area (TPSA) is 29.5 Å². The average molecular weight is 409 g/mol. The third-order valence-corrected chi connectivity index (χ3v) is 10.00. The summed E-state index contributed by atoms with van der Waals surface area (Å²) in [5.41, 5.74) is 3.09. The van der Waals surface area contributed by atoms with Gasteiger partial charge in [-0.25, -0.2) is 0 Å². The van der Waals surface area contributed by atoms with Gasteiger partial charge in [-0.05, 0) is 104 Å². The molecule has 4 saturated carbocycles. The van der Waals surface area contributed by atoms with Crippen LogP contribution < -0.4 is 4.74 Å². The molecule has 0 aromatic heterocycles. The van der Waals surface area contributed by atoms with Crippen molar-refractivity contribution in [1.29, 1.82) is 0 Å². The van der Waals surface area contributed by atoms with Gasteiger partial charge in [0.25, 0.3) is 0 Å². The fourth-order valence-electron chi connectivity index (χ4n) is 8.33. The zero-order chi connectivity index (χ0) is 20.9. The summed E-state index contributed by atoms with van der Waals surface area (Å²) in [7, 11) is 0. The number of fused-ring (bicyclic) bond motifs is 5. The van der Waals surface area contributed by atoms with E-state index in [0.29, 0.717) is 17.9 Å². The molecule has 0 spiro atoms. The summed E-state index contributed by atoms with van der Waals surface area (Å²) in [6.45, 7) is 7.74. The smallest absolute Gasteiger partial charge is 0.119 e. The molecule has 1 aromatic rings. The van der Waals surface area contributed by atoms with Crippen molar-refractivity contribution in [2.24, 2.45) is 34.5 Å². The van der Waals surface area contributed by atoms with Crippen LogP contribution in [0, 0.1) is 34.5 Å². The van der Waals surface area contributed by atoms with Crippen LogP contribution in [0.25, 0.3) is 6.08 Å². The Hall–Kier alpha value is -1.28. The van der Waals surface area contributed by atoms with Crippen LogP contribution in [0.2, 0.25) is 0 Å². The summed E-state index contributed by atoms with van der Waals surface area (Å²) in [5.74, 6) is 4.23. The van der Waals surface area contributed by atoms with Gasteiger partial charge in [0.05, 0.1) is 12.7 Å². The average Bonchev–Trinajstić information content (AvgIpc) is 3.00. The van der Waals surface area contributed by atoms with E-state index in [4.69, 9.17) is 4.74 Å². The summed E-state index contributed by atoms with van der Waals surface area (Å²) in [4.78, 5) is 0. The maximum absolute atomic E-state index is 11.4. The highest BCUT2D eigenvalue weighted by molar-refractivity contribution is 5.56. The van der Waals surface area contributed by atoms with E-state index in [-0.39, 0.29) is 11.5 Å². The Bertz CT molecular complexity index is 795. The summed E-state index contributed by atoms with van der Waals surface area (Å²) in [6, 6.07) is 8.36. The fraction of sp³-hybridized carbons (Fsp3) is 0.714. The van der Waals surface area contributed by atoms with Gasteiger partial charge in [-0.2, -0.15) is 0 Å². The first kappa shape index (κ1) is 20.6. The van der Waals surface area contributed by atoms with E-state index in [1.165, 1.54) is 62.5 Å². The fourth-order valence-corrected chi connectivity index (χ4v) is 8.33. The summed E-state index contributed by atoms with van der Waals surface area (Å²) in [6.07, 6.45) is 14.2. The lowest BCUT2D eigenvalue weighted by Crippen LogP contribution is -2.53. The van der Waals surface area contributed by atoms with Crippen molar-refractivity contribution in [1.82, 2.24) is 0 Å². The van der Waals surface area contributed by atoms with Crippen molar-refractivity contribution in [2.75, 3.05) is 6.61 Å². The van der Waals surface area contributed by atoms with Gasteiger partial charge < -0.3 is 9.84 Å². The third-order valence-electron chi connectivity index (χ3n) is 10.00. The molecule has 7 atom stereocenters. The number of ether oxygens (including phenoxy) is 1. The Kier molecular flexibility index (Phi) is 5.29. The normalized spacial score (nSPS) is 44.3. The minimum atomic E-state index is -0.285. The molecule has 4 fully saturated rings. The molecule has 0 aliphatic heterocycles. The van der Waals surface area contributed by atoms with Gasteiger partial charge in [0.15, 0.2) is 0 Å².